The zero-order chi connectivity index (χ0) is 18.2. The molecule has 1 aromatic rings. The van der Waals surface area contributed by atoms with Gasteiger partial charge >= 0.3 is 5.97 Å². The molecule has 0 aromatic heterocycles. The van der Waals surface area contributed by atoms with Crippen LogP contribution in [0.25, 0.3) is 0 Å². The van der Waals surface area contributed by atoms with Crippen LogP contribution in [0.2, 0.25) is 0 Å². The van der Waals surface area contributed by atoms with Gasteiger partial charge in [0.2, 0.25) is 0 Å². The lowest BCUT2D eigenvalue weighted by Crippen LogP contribution is -2.50. The van der Waals surface area contributed by atoms with Gasteiger partial charge in [0, 0.05) is 5.92 Å². The van der Waals surface area contributed by atoms with Gasteiger partial charge in [-0.2, -0.15) is 0 Å². The molecule has 3 rings (SSSR count). The van der Waals surface area contributed by atoms with Crippen molar-refractivity contribution in [2.24, 2.45) is 29.1 Å². The van der Waals surface area contributed by atoms with Gasteiger partial charge in [-0.3, -0.25) is 4.79 Å². The molecule has 2 aliphatic rings. The molecular weight excluding hydrogens is 308 g/mol. The van der Waals surface area contributed by atoms with E-state index in [0.29, 0.717) is 30.3 Å². The van der Waals surface area contributed by atoms with Crippen LogP contribution < -0.4 is 0 Å². The SMILES string of the molecule is CCOC(=O)[C@@]1(CC)[C@@H]2[C@@H](C(C)=C[C@@H]1c1ccccc1)[C@H](C)C[C@H]2C. The Morgan fingerprint density at radius 3 is 2.44 bits per heavy atom. The Morgan fingerprint density at radius 2 is 1.84 bits per heavy atom. The summed E-state index contributed by atoms with van der Waals surface area (Å²) in [4.78, 5) is 13.4. The predicted octanol–water partition coefficient (Wildman–Crippen LogP) is 5.60. The lowest BCUT2D eigenvalue weighted by Gasteiger charge is -2.49. The molecule has 2 heteroatoms. The number of hydrogen-bond acceptors (Lipinski definition) is 2. The molecule has 0 aliphatic heterocycles. The minimum Gasteiger partial charge on any atom is -0.466 e. The van der Waals surface area contributed by atoms with E-state index in [4.69, 9.17) is 4.74 Å². The van der Waals surface area contributed by atoms with E-state index < -0.39 is 5.41 Å². The first-order valence-corrected chi connectivity index (χ1v) is 9.87. The van der Waals surface area contributed by atoms with Crippen molar-refractivity contribution in [2.45, 2.75) is 53.4 Å². The Kier molecular flexibility index (Phi) is 5.09. The number of fused-ring (bicyclic) bond motifs is 1. The number of ether oxygens (including phenoxy) is 1. The van der Waals surface area contributed by atoms with Gasteiger partial charge in [0.25, 0.3) is 0 Å². The molecule has 6 atom stereocenters. The molecule has 0 heterocycles. The third-order valence-electron chi connectivity index (χ3n) is 6.86. The van der Waals surface area contributed by atoms with Gasteiger partial charge in [-0.15, -0.1) is 0 Å². The highest BCUT2D eigenvalue weighted by Crippen LogP contribution is 2.62. The first-order chi connectivity index (χ1) is 12.0. The highest BCUT2D eigenvalue weighted by Gasteiger charge is 2.60. The highest BCUT2D eigenvalue weighted by molar-refractivity contribution is 5.80. The fourth-order valence-corrected chi connectivity index (χ4v) is 6.06. The Hall–Kier alpha value is -1.57. The molecule has 0 spiro atoms. The number of carbonyl (C=O) groups excluding carboxylic acids is 1. The van der Waals surface area contributed by atoms with E-state index in [1.54, 1.807) is 0 Å². The van der Waals surface area contributed by atoms with E-state index in [1.165, 1.54) is 17.6 Å². The van der Waals surface area contributed by atoms with Crippen molar-refractivity contribution in [3.05, 3.63) is 47.5 Å². The van der Waals surface area contributed by atoms with Crippen molar-refractivity contribution in [3.8, 4) is 0 Å². The second-order valence-corrected chi connectivity index (χ2v) is 8.16. The van der Waals surface area contributed by atoms with Gasteiger partial charge in [-0.25, -0.2) is 0 Å². The zero-order valence-electron chi connectivity index (χ0n) is 16.3. The summed E-state index contributed by atoms with van der Waals surface area (Å²) in [5, 5.41) is 0. The quantitative estimate of drug-likeness (QED) is 0.527. The Labute approximate surface area is 152 Å². The van der Waals surface area contributed by atoms with E-state index in [9.17, 15) is 4.79 Å². The molecule has 2 aliphatic carbocycles. The van der Waals surface area contributed by atoms with Crippen LogP contribution in [0.3, 0.4) is 0 Å². The lowest BCUT2D eigenvalue weighted by atomic mass is 9.53. The molecule has 0 N–H and O–H groups in total. The van der Waals surface area contributed by atoms with Crippen molar-refractivity contribution < 1.29 is 9.53 Å². The maximum atomic E-state index is 13.4. The van der Waals surface area contributed by atoms with Crippen molar-refractivity contribution in [1.82, 2.24) is 0 Å². The summed E-state index contributed by atoms with van der Waals surface area (Å²) in [6.45, 7) is 11.5. The molecule has 0 radical (unpaired) electrons. The molecule has 0 amide bonds. The van der Waals surface area contributed by atoms with Gasteiger partial charge in [-0.05, 0) is 55.9 Å². The summed E-state index contributed by atoms with van der Waals surface area (Å²) in [7, 11) is 0. The standard InChI is InChI=1S/C23H32O2/c1-6-23(22(24)25-7-2)19(18-11-9-8-10-12-18)14-16(4)20-15(3)13-17(5)21(20)23/h8-12,14-15,17,19-21H,6-7,13H2,1-5H3/t15-,17-,19-,20-,21+,23-/m1/s1. The minimum absolute atomic E-state index is 0.00560. The van der Waals surface area contributed by atoms with Gasteiger partial charge in [0.15, 0.2) is 0 Å². The molecule has 2 nitrogen and oxygen atoms in total. The average Bonchev–Trinajstić information content (AvgIpc) is 2.91. The molecule has 25 heavy (non-hydrogen) atoms. The normalized spacial score (nSPS) is 37.3. The topological polar surface area (TPSA) is 26.3 Å². The molecular formula is C23H32O2. The molecule has 0 bridgehead atoms. The minimum atomic E-state index is -0.453. The second kappa shape index (κ2) is 6.97. The number of esters is 1. The lowest BCUT2D eigenvalue weighted by molar-refractivity contribution is -0.164. The Morgan fingerprint density at radius 1 is 1.16 bits per heavy atom. The number of rotatable bonds is 4. The van der Waals surface area contributed by atoms with E-state index in [0.717, 1.165) is 6.42 Å². The van der Waals surface area contributed by atoms with Gasteiger partial charge in [0.1, 0.15) is 0 Å². The molecule has 1 fully saturated rings. The van der Waals surface area contributed by atoms with Crippen LogP contribution >= 0.6 is 0 Å². The van der Waals surface area contributed by atoms with Crippen LogP contribution in [0, 0.1) is 29.1 Å². The van der Waals surface area contributed by atoms with Crippen molar-refractivity contribution in [1.29, 1.82) is 0 Å². The average molecular weight is 341 g/mol. The van der Waals surface area contributed by atoms with E-state index in [-0.39, 0.29) is 11.9 Å². The number of benzene rings is 1. The highest BCUT2D eigenvalue weighted by atomic mass is 16.5. The molecule has 136 valence electrons. The van der Waals surface area contributed by atoms with E-state index in [1.807, 2.05) is 13.0 Å². The summed E-state index contributed by atoms with van der Waals surface area (Å²) in [6, 6.07) is 10.5. The van der Waals surface area contributed by atoms with Crippen molar-refractivity contribution >= 4 is 5.97 Å². The van der Waals surface area contributed by atoms with Crippen LogP contribution in [0.4, 0.5) is 0 Å². The van der Waals surface area contributed by atoms with Gasteiger partial charge < -0.3 is 4.74 Å². The monoisotopic (exact) mass is 340 g/mol. The Bertz CT molecular complexity index is 647. The van der Waals surface area contributed by atoms with Crippen LogP contribution in [0.1, 0.15) is 58.9 Å². The van der Waals surface area contributed by atoms with Crippen molar-refractivity contribution in [3.63, 3.8) is 0 Å². The maximum Gasteiger partial charge on any atom is 0.313 e. The van der Waals surface area contributed by atoms with E-state index in [2.05, 4.69) is 58.0 Å². The van der Waals surface area contributed by atoms with Crippen molar-refractivity contribution in [2.75, 3.05) is 6.61 Å². The first kappa shape index (κ1) is 18.2. The second-order valence-electron chi connectivity index (χ2n) is 8.16. The smallest absolute Gasteiger partial charge is 0.313 e. The van der Waals surface area contributed by atoms with Crippen LogP contribution in [-0.4, -0.2) is 12.6 Å². The number of hydrogen-bond donors (Lipinski definition) is 0. The summed E-state index contributed by atoms with van der Waals surface area (Å²) >= 11 is 0. The van der Waals surface area contributed by atoms with Crippen LogP contribution in [0.15, 0.2) is 42.0 Å². The predicted molar refractivity (Wildman–Crippen MR) is 102 cm³/mol. The first-order valence-electron chi connectivity index (χ1n) is 9.87. The molecule has 1 saturated carbocycles. The number of allylic oxidation sites excluding steroid dienone is 2. The van der Waals surface area contributed by atoms with Gasteiger partial charge in [-0.1, -0.05) is 62.8 Å². The number of carbonyl (C=O) groups is 1. The third kappa shape index (κ3) is 2.74. The Balaban J connectivity index is 2.21. The molecule has 1 aromatic carbocycles. The fourth-order valence-electron chi connectivity index (χ4n) is 6.06. The maximum absolute atomic E-state index is 13.4. The zero-order valence-corrected chi connectivity index (χ0v) is 16.3. The molecule has 0 saturated heterocycles. The van der Waals surface area contributed by atoms with E-state index >= 15 is 0 Å². The van der Waals surface area contributed by atoms with Crippen LogP contribution in [-0.2, 0) is 9.53 Å². The summed E-state index contributed by atoms with van der Waals surface area (Å²) in [5.74, 6) is 2.14. The van der Waals surface area contributed by atoms with Gasteiger partial charge in [0.05, 0.1) is 12.0 Å². The fraction of sp³-hybridized carbons (Fsp3) is 0.609. The molecule has 0 unspecified atom stereocenters. The third-order valence-corrected chi connectivity index (χ3v) is 6.86. The largest absolute Gasteiger partial charge is 0.466 e. The summed E-state index contributed by atoms with van der Waals surface area (Å²) in [6.07, 6.45) is 4.40. The summed E-state index contributed by atoms with van der Waals surface area (Å²) in [5.41, 5.74) is 2.25. The summed E-state index contributed by atoms with van der Waals surface area (Å²) < 4.78 is 5.69. The van der Waals surface area contributed by atoms with Crippen LogP contribution in [0.5, 0.6) is 0 Å².